The van der Waals surface area contributed by atoms with Crippen LogP contribution >= 0.6 is 0 Å². The number of fused-ring (bicyclic) bond motifs is 1. The van der Waals surface area contributed by atoms with Crippen molar-refractivity contribution < 1.29 is 0 Å². The van der Waals surface area contributed by atoms with Crippen molar-refractivity contribution in [3.63, 3.8) is 0 Å². The molecular formula is C23H42N2. The Balaban J connectivity index is 1.58. The maximum absolute atomic E-state index is 3.99. The molecule has 0 aromatic carbocycles. The predicted octanol–water partition coefficient (Wildman–Crippen LogP) is 5.97. The predicted molar refractivity (Wildman–Crippen MR) is 106 cm³/mol. The van der Waals surface area contributed by atoms with E-state index >= 15 is 0 Å². The Hall–Kier alpha value is -0.0800. The summed E-state index contributed by atoms with van der Waals surface area (Å²) in [6.07, 6.45) is 25.4. The van der Waals surface area contributed by atoms with E-state index in [1.54, 1.807) is 0 Å². The van der Waals surface area contributed by atoms with Gasteiger partial charge in [0.2, 0.25) is 0 Å². The van der Waals surface area contributed by atoms with E-state index in [4.69, 9.17) is 0 Å². The number of nitrogens with one attached hydrogen (secondary N) is 2. The largest absolute Gasteiger partial charge is 0.257 e. The first-order chi connectivity index (χ1) is 12.4. The quantitative estimate of drug-likeness (QED) is 0.564. The van der Waals surface area contributed by atoms with Crippen molar-refractivity contribution in [2.75, 3.05) is 6.54 Å². The van der Waals surface area contributed by atoms with Gasteiger partial charge in [-0.25, -0.2) is 0 Å². The Labute approximate surface area is 156 Å². The number of hydrogen-bond acceptors (Lipinski definition) is 2. The van der Waals surface area contributed by atoms with Crippen molar-refractivity contribution in [3.05, 3.63) is 0 Å². The minimum absolute atomic E-state index is 0.433. The molecule has 5 atom stereocenters. The van der Waals surface area contributed by atoms with Crippen LogP contribution in [0.25, 0.3) is 0 Å². The second kappa shape index (κ2) is 8.74. The molecule has 1 saturated heterocycles. The highest BCUT2D eigenvalue weighted by molar-refractivity contribution is 5.05. The lowest BCUT2D eigenvalue weighted by molar-refractivity contribution is -0.00595. The molecule has 2 heteroatoms. The second-order valence-electron chi connectivity index (χ2n) is 9.92. The summed E-state index contributed by atoms with van der Waals surface area (Å²) in [5.74, 6) is 3.93. The van der Waals surface area contributed by atoms with E-state index < -0.39 is 0 Å². The van der Waals surface area contributed by atoms with Gasteiger partial charge in [-0.3, -0.25) is 10.9 Å². The summed E-state index contributed by atoms with van der Waals surface area (Å²) in [4.78, 5) is 0. The molecule has 1 aliphatic heterocycles. The van der Waals surface area contributed by atoms with Gasteiger partial charge in [-0.05, 0) is 55.8 Å². The molecule has 2 nitrogen and oxygen atoms in total. The second-order valence-corrected chi connectivity index (χ2v) is 9.92. The van der Waals surface area contributed by atoms with Gasteiger partial charge in [0.15, 0.2) is 0 Å². The van der Waals surface area contributed by atoms with E-state index in [-0.39, 0.29) is 0 Å². The van der Waals surface area contributed by atoms with Crippen LogP contribution in [0.2, 0.25) is 0 Å². The van der Waals surface area contributed by atoms with Crippen LogP contribution in [0.4, 0.5) is 0 Å². The van der Waals surface area contributed by atoms with Crippen molar-refractivity contribution >= 4 is 0 Å². The lowest BCUT2D eigenvalue weighted by Gasteiger charge is -2.54. The topological polar surface area (TPSA) is 24.1 Å². The number of rotatable bonds is 0. The van der Waals surface area contributed by atoms with E-state index in [1.165, 1.54) is 116 Å². The third kappa shape index (κ3) is 4.10. The Kier molecular flexibility index (Phi) is 6.39. The van der Waals surface area contributed by atoms with Gasteiger partial charge in [-0.2, -0.15) is 0 Å². The molecule has 4 aliphatic rings. The monoisotopic (exact) mass is 346 g/mol. The maximum Gasteiger partial charge on any atom is 0.0383 e. The molecule has 144 valence electrons. The van der Waals surface area contributed by atoms with Gasteiger partial charge in [0.25, 0.3) is 0 Å². The Morgan fingerprint density at radius 1 is 0.640 bits per heavy atom. The van der Waals surface area contributed by atoms with Gasteiger partial charge in [-0.1, -0.05) is 77.0 Å². The molecule has 0 aromatic rings. The molecule has 4 rings (SSSR count). The van der Waals surface area contributed by atoms with Crippen LogP contribution in [0.3, 0.4) is 0 Å². The summed E-state index contributed by atoms with van der Waals surface area (Å²) in [7, 11) is 0. The smallest absolute Gasteiger partial charge is 0.0383 e. The first kappa shape index (κ1) is 18.3. The Bertz CT molecular complexity index is 409. The minimum atomic E-state index is 0.433. The summed E-state index contributed by atoms with van der Waals surface area (Å²) in [5.41, 5.74) is 8.07. The fraction of sp³-hybridized carbons (Fsp3) is 1.00. The SMILES string of the molecule is C1CCCCC2CCC3CCCCC4(NNCCC4CCCC1)C3C2. The zero-order valence-corrected chi connectivity index (χ0v) is 16.5. The molecule has 25 heavy (non-hydrogen) atoms. The molecule has 0 amide bonds. The van der Waals surface area contributed by atoms with Crippen LogP contribution < -0.4 is 10.9 Å². The molecule has 3 aliphatic carbocycles. The van der Waals surface area contributed by atoms with Crippen LogP contribution in [0.1, 0.15) is 109 Å². The van der Waals surface area contributed by atoms with E-state index in [0.717, 1.165) is 23.7 Å². The third-order valence-electron chi connectivity index (χ3n) is 8.51. The van der Waals surface area contributed by atoms with Crippen molar-refractivity contribution in [2.45, 2.75) is 115 Å². The lowest BCUT2D eigenvalue weighted by atomic mass is 9.58. The van der Waals surface area contributed by atoms with Crippen molar-refractivity contribution in [1.29, 1.82) is 0 Å². The summed E-state index contributed by atoms with van der Waals surface area (Å²) in [6, 6.07) is 0. The third-order valence-corrected chi connectivity index (χ3v) is 8.51. The van der Waals surface area contributed by atoms with Gasteiger partial charge >= 0.3 is 0 Å². The molecule has 1 heterocycles. The molecule has 2 N–H and O–H groups in total. The standard InChI is InChI=1S/C23H42N2/c1-2-4-6-10-19-13-14-20-11-8-9-16-23(22(20)18-19)21(12-7-5-3-1)15-17-24-25-23/h19-22,24-25H,1-18H2. The zero-order valence-electron chi connectivity index (χ0n) is 16.5. The average Bonchev–Trinajstić information content (AvgIpc) is 2.82. The molecule has 5 unspecified atom stereocenters. The number of hydrazine groups is 1. The molecular weight excluding hydrogens is 304 g/mol. The van der Waals surface area contributed by atoms with Crippen LogP contribution in [0, 0.1) is 23.7 Å². The highest BCUT2D eigenvalue weighted by atomic mass is 15.4. The lowest BCUT2D eigenvalue weighted by Crippen LogP contribution is -2.66. The van der Waals surface area contributed by atoms with Crippen LogP contribution in [0.15, 0.2) is 0 Å². The molecule has 1 spiro atoms. The average molecular weight is 347 g/mol. The summed E-state index contributed by atoms with van der Waals surface area (Å²) in [6.45, 7) is 1.19. The molecule has 4 fully saturated rings. The molecule has 3 saturated carbocycles. The first-order valence-electron chi connectivity index (χ1n) is 11.9. The summed E-state index contributed by atoms with van der Waals surface area (Å²) >= 11 is 0. The van der Waals surface area contributed by atoms with Crippen LogP contribution in [-0.2, 0) is 0 Å². The fourth-order valence-electron chi connectivity index (χ4n) is 7.17. The molecule has 0 radical (unpaired) electrons. The van der Waals surface area contributed by atoms with Gasteiger partial charge in [0.05, 0.1) is 0 Å². The summed E-state index contributed by atoms with van der Waals surface area (Å²) < 4.78 is 0. The normalized spacial score (nSPS) is 44.2. The fourth-order valence-corrected chi connectivity index (χ4v) is 7.17. The van der Waals surface area contributed by atoms with E-state index in [2.05, 4.69) is 10.9 Å². The molecule has 0 aromatic heterocycles. The number of hydrogen-bond donors (Lipinski definition) is 2. The highest BCUT2D eigenvalue weighted by Crippen LogP contribution is 2.52. The zero-order chi connectivity index (χ0) is 17.0. The Morgan fingerprint density at radius 3 is 2.28 bits per heavy atom. The van der Waals surface area contributed by atoms with Gasteiger partial charge in [-0.15, -0.1) is 0 Å². The van der Waals surface area contributed by atoms with Crippen molar-refractivity contribution in [1.82, 2.24) is 10.9 Å². The van der Waals surface area contributed by atoms with Gasteiger partial charge < -0.3 is 0 Å². The molecule has 2 bridgehead atoms. The van der Waals surface area contributed by atoms with Crippen LogP contribution in [-0.4, -0.2) is 12.1 Å². The minimum Gasteiger partial charge on any atom is -0.257 e. The van der Waals surface area contributed by atoms with E-state index in [1.807, 2.05) is 0 Å². The first-order valence-corrected chi connectivity index (χ1v) is 11.9. The van der Waals surface area contributed by atoms with Crippen LogP contribution in [0.5, 0.6) is 0 Å². The van der Waals surface area contributed by atoms with Crippen molar-refractivity contribution in [2.24, 2.45) is 23.7 Å². The summed E-state index contributed by atoms with van der Waals surface area (Å²) in [5, 5.41) is 0. The van der Waals surface area contributed by atoms with Crippen molar-refractivity contribution in [3.8, 4) is 0 Å². The maximum atomic E-state index is 3.99. The van der Waals surface area contributed by atoms with Gasteiger partial charge in [0, 0.05) is 12.1 Å². The highest BCUT2D eigenvalue weighted by Gasteiger charge is 2.51. The Morgan fingerprint density at radius 2 is 1.40 bits per heavy atom. The van der Waals surface area contributed by atoms with E-state index in [9.17, 15) is 0 Å². The van der Waals surface area contributed by atoms with Gasteiger partial charge in [0.1, 0.15) is 0 Å². The van der Waals surface area contributed by atoms with E-state index in [0.29, 0.717) is 5.54 Å².